The minimum Gasteiger partial charge on any atom is -0.447 e. The van der Waals surface area contributed by atoms with Gasteiger partial charge in [-0.3, -0.25) is 9.69 Å². The summed E-state index contributed by atoms with van der Waals surface area (Å²) in [5.74, 6) is 2.34. The lowest BCUT2D eigenvalue weighted by Gasteiger charge is -2.36. The molecule has 0 unspecified atom stereocenters. The van der Waals surface area contributed by atoms with Crippen molar-refractivity contribution in [3.05, 3.63) is 11.5 Å². The van der Waals surface area contributed by atoms with Crippen LogP contribution in [0.2, 0.25) is 0 Å². The van der Waals surface area contributed by atoms with Crippen LogP contribution < -0.4 is 4.90 Å². The lowest BCUT2D eigenvalue weighted by Crippen LogP contribution is -2.42. The van der Waals surface area contributed by atoms with Gasteiger partial charge in [-0.1, -0.05) is 0 Å². The van der Waals surface area contributed by atoms with Gasteiger partial charge in [0.25, 0.3) is 0 Å². The van der Waals surface area contributed by atoms with E-state index in [0.717, 1.165) is 23.5 Å². The number of aryl methyl sites for hydroxylation is 1. The lowest BCUT2D eigenvalue weighted by molar-refractivity contribution is -0.135. The molecule has 2 fully saturated rings. The Morgan fingerprint density at radius 2 is 2.04 bits per heavy atom. The van der Waals surface area contributed by atoms with Gasteiger partial charge in [0.2, 0.25) is 5.91 Å². The second-order valence-electron chi connectivity index (χ2n) is 7.19. The first kappa shape index (κ1) is 16.7. The normalized spacial score (nSPS) is 22.1. The van der Waals surface area contributed by atoms with E-state index in [1.807, 2.05) is 18.7 Å². The summed E-state index contributed by atoms with van der Waals surface area (Å²) in [6.45, 7) is 5.92. The van der Waals surface area contributed by atoms with Crippen molar-refractivity contribution >= 4 is 29.4 Å². The Bertz CT molecular complexity index is 933. The molecular formula is C17H20N6O3S. The molecule has 2 aliphatic heterocycles. The number of imidazole rings is 1. The van der Waals surface area contributed by atoms with E-state index in [9.17, 15) is 9.59 Å². The van der Waals surface area contributed by atoms with Gasteiger partial charge in [-0.05, 0) is 38.2 Å². The first-order chi connectivity index (χ1) is 13.0. The van der Waals surface area contributed by atoms with E-state index >= 15 is 0 Å². The van der Waals surface area contributed by atoms with Crippen molar-refractivity contribution in [2.75, 3.05) is 24.6 Å². The van der Waals surface area contributed by atoms with Crippen LogP contribution in [0, 0.1) is 12.8 Å². The molecular weight excluding hydrogens is 368 g/mol. The second kappa shape index (κ2) is 6.01. The Kier molecular flexibility index (Phi) is 3.71. The molecule has 0 N–H and O–H groups in total. The topological polar surface area (TPSA) is 93.5 Å². The van der Waals surface area contributed by atoms with Crippen LogP contribution in [0.4, 0.5) is 10.6 Å². The Hall–Kier alpha value is -2.49. The predicted molar refractivity (Wildman–Crippen MR) is 97.4 cm³/mol. The van der Waals surface area contributed by atoms with Crippen LogP contribution in [-0.2, 0) is 16.1 Å². The third-order valence-corrected chi connectivity index (χ3v) is 6.16. The van der Waals surface area contributed by atoms with Gasteiger partial charge < -0.3 is 14.2 Å². The number of aromatic nitrogens is 4. The summed E-state index contributed by atoms with van der Waals surface area (Å²) in [4.78, 5) is 37.7. The fourth-order valence-electron chi connectivity index (χ4n) is 3.84. The van der Waals surface area contributed by atoms with Crippen molar-refractivity contribution in [1.29, 1.82) is 0 Å². The molecule has 2 amide bonds. The average Bonchev–Trinajstić information content (AvgIpc) is 3.09. The summed E-state index contributed by atoms with van der Waals surface area (Å²) in [7, 11) is 0. The SMILES string of the molecule is Cc1nsc(-c2nc(N3CCOC3=O)c3n2CCN(C(=O)C2CC2)[C@@H]3C)n1. The van der Waals surface area contributed by atoms with Crippen LogP contribution in [0.5, 0.6) is 0 Å². The van der Waals surface area contributed by atoms with Crippen LogP contribution in [0.1, 0.15) is 37.3 Å². The maximum Gasteiger partial charge on any atom is 0.415 e. The second-order valence-corrected chi connectivity index (χ2v) is 7.94. The highest BCUT2D eigenvalue weighted by molar-refractivity contribution is 7.09. The van der Waals surface area contributed by atoms with E-state index in [4.69, 9.17) is 9.72 Å². The molecule has 0 radical (unpaired) electrons. The Balaban J connectivity index is 1.62. The van der Waals surface area contributed by atoms with E-state index in [1.54, 1.807) is 4.90 Å². The summed E-state index contributed by atoms with van der Waals surface area (Å²) in [5, 5.41) is 0.724. The summed E-state index contributed by atoms with van der Waals surface area (Å²) < 4.78 is 11.5. The molecule has 5 rings (SSSR count). The van der Waals surface area contributed by atoms with Gasteiger partial charge in [-0.15, -0.1) is 0 Å². The summed E-state index contributed by atoms with van der Waals surface area (Å²) in [5.41, 5.74) is 0.872. The number of rotatable bonds is 3. The number of hydrogen-bond acceptors (Lipinski definition) is 7. The third-order valence-electron chi connectivity index (χ3n) is 5.36. The highest BCUT2D eigenvalue weighted by Gasteiger charge is 2.42. The largest absolute Gasteiger partial charge is 0.447 e. The average molecular weight is 388 g/mol. The molecule has 1 saturated carbocycles. The van der Waals surface area contributed by atoms with Gasteiger partial charge in [0, 0.05) is 19.0 Å². The summed E-state index contributed by atoms with van der Waals surface area (Å²) >= 11 is 1.30. The number of amides is 2. The van der Waals surface area contributed by atoms with Gasteiger partial charge in [-0.2, -0.15) is 4.37 Å². The van der Waals surface area contributed by atoms with E-state index in [0.29, 0.717) is 43.7 Å². The van der Waals surface area contributed by atoms with E-state index in [-0.39, 0.29) is 17.9 Å². The van der Waals surface area contributed by atoms with Crippen molar-refractivity contribution < 1.29 is 14.3 Å². The molecule has 0 spiro atoms. The van der Waals surface area contributed by atoms with E-state index in [1.165, 1.54) is 11.5 Å². The number of fused-ring (bicyclic) bond motifs is 1. The number of anilines is 1. The van der Waals surface area contributed by atoms with E-state index < -0.39 is 6.09 Å². The maximum absolute atomic E-state index is 12.7. The molecule has 2 aromatic rings. The lowest BCUT2D eigenvalue weighted by atomic mass is 10.1. The van der Waals surface area contributed by atoms with Crippen molar-refractivity contribution in [1.82, 2.24) is 23.8 Å². The molecule has 0 aromatic carbocycles. The Morgan fingerprint density at radius 3 is 2.67 bits per heavy atom. The molecule has 10 heteroatoms. The fraction of sp³-hybridized carbons (Fsp3) is 0.588. The molecule has 27 heavy (non-hydrogen) atoms. The number of carbonyl (C=O) groups is 2. The van der Waals surface area contributed by atoms with Gasteiger partial charge in [0.1, 0.15) is 12.4 Å². The highest BCUT2D eigenvalue weighted by atomic mass is 32.1. The molecule has 2 aromatic heterocycles. The third kappa shape index (κ3) is 2.61. The zero-order valence-corrected chi connectivity index (χ0v) is 16.0. The molecule has 4 heterocycles. The van der Waals surface area contributed by atoms with Crippen LogP contribution in [0.3, 0.4) is 0 Å². The quantitative estimate of drug-likeness (QED) is 0.798. The van der Waals surface area contributed by atoms with Crippen molar-refractivity contribution in [2.45, 2.75) is 39.3 Å². The molecule has 1 saturated heterocycles. The van der Waals surface area contributed by atoms with Crippen LogP contribution in [-0.4, -0.2) is 55.5 Å². The predicted octanol–water partition coefficient (Wildman–Crippen LogP) is 1.98. The zero-order valence-electron chi connectivity index (χ0n) is 15.2. The number of hydrogen-bond donors (Lipinski definition) is 0. The monoisotopic (exact) mass is 388 g/mol. The summed E-state index contributed by atoms with van der Waals surface area (Å²) in [6, 6.07) is -0.162. The molecule has 142 valence electrons. The van der Waals surface area contributed by atoms with Gasteiger partial charge >= 0.3 is 6.09 Å². The molecule has 0 bridgehead atoms. The molecule has 9 nitrogen and oxygen atoms in total. The number of nitrogens with zero attached hydrogens (tertiary/aromatic N) is 6. The molecule has 1 aliphatic carbocycles. The molecule has 1 atom stereocenters. The van der Waals surface area contributed by atoms with Gasteiger partial charge in [0.05, 0.1) is 18.3 Å². The minimum atomic E-state index is -0.395. The first-order valence-electron chi connectivity index (χ1n) is 9.20. The standard InChI is InChI=1S/C17H20N6O3S/c1-9-12-13(23-7-8-26-17(23)25)19-14(15-18-10(2)20-27-15)22(12)6-5-21(9)16(24)11-3-4-11/h9,11H,3-8H2,1-2H3/t9-/m1/s1. The van der Waals surface area contributed by atoms with Crippen LogP contribution in [0.25, 0.3) is 10.8 Å². The maximum atomic E-state index is 12.7. The van der Waals surface area contributed by atoms with Crippen molar-refractivity contribution in [3.63, 3.8) is 0 Å². The van der Waals surface area contributed by atoms with Crippen LogP contribution in [0.15, 0.2) is 0 Å². The highest BCUT2D eigenvalue weighted by Crippen LogP contribution is 2.41. The number of cyclic esters (lactones) is 1. The Labute approximate surface area is 160 Å². The van der Waals surface area contributed by atoms with Crippen molar-refractivity contribution in [3.8, 4) is 10.8 Å². The fourth-order valence-corrected chi connectivity index (χ4v) is 4.51. The summed E-state index contributed by atoms with van der Waals surface area (Å²) in [6.07, 6.45) is 1.55. The Morgan fingerprint density at radius 1 is 1.22 bits per heavy atom. The zero-order chi connectivity index (χ0) is 18.7. The van der Waals surface area contributed by atoms with Crippen LogP contribution >= 0.6 is 11.5 Å². The smallest absolute Gasteiger partial charge is 0.415 e. The molecule has 3 aliphatic rings. The van der Waals surface area contributed by atoms with Gasteiger partial charge in [-0.25, -0.2) is 14.8 Å². The van der Waals surface area contributed by atoms with Gasteiger partial charge in [0.15, 0.2) is 16.6 Å². The van der Waals surface area contributed by atoms with Crippen molar-refractivity contribution in [2.24, 2.45) is 5.92 Å². The minimum absolute atomic E-state index is 0.160. The number of ether oxygens (including phenoxy) is 1. The number of carbonyl (C=O) groups excluding carboxylic acids is 2. The first-order valence-corrected chi connectivity index (χ1v) is 9.98. The van der Waals surface area contributed by atoms with E-state index in [2.05, 4.69) is 13.9 Å².